The Labute approximate surface area is 162 Å². The third kappa shape index (κ3) is 5.32. The van der Waals surface area contributed by atoms with Crippen molar-refractivity contribution in [2.24, 2.45) is 0 Å². The maximum Gasteiger partial charge on any atom is 0.326 e. The van der Waals surface area contributed by atoms with E-state index in [-0.39, 0.29) is 6.03 Å². The van der Waals surface area contributed by atoms with Crippen molar-refractivity contribution < 1.29 is 4.79 Å². The number of aromatic nitrogens is 3. The lowest BCUT2D eigenvalue weighted by Crippen LogP contribution is -2.23. The van der Waals surface area contributed by atoms with Gasteiger partial charge >= 0.3 is 6.03 Å². The molecule has 2 N–H and O–H groups in total. The minimum Gasteiger partial charge on any atom is -0.300 e. The first-order valence-corrected chi connectivity index (χ1v) is 9.67. The molecule has 0 aliphatic rings. The Hall–Kier alpha value is -2.84. The number of thiazole rings is 1. The molecule has 0 unspecified atom stereocenters. The highest BCUT2D eigenvalue weighted by Crippen LogP contribution is 2.25. The fourth-order valence-corrected chi connectivity index (χ4v) is 3.33. The average Bonchev–Trinajstić information content (AvgIpc) is 3.15. The topological polar surface area (TPSA) is 83.0 Å². The monoisotopic (exact) mass is 382 g/mol. The van der Waals surface area contributed by atoms with Gasteiger partial charge in [0.25, 0.3) is 0 Å². The average molecular weight is 382 g/mol. The van der Waals surface area contributed by atoms with Gasteiger partial charge in [-0.3, -0.25) is 20.5 Å². The molecule has 7 nitrogen and oxygen atoms in total. The molecule has 0 radical (unpaired) electrons. The predicted molar refractivity (Wildman–Crippen MR) is 109 cm³/mol. The second-order valence-electron chi connectivity index (χ2n) is 5.86. The third-order valence-corrected chi connectivity index (χ3v) is 4.93. The summed E-state index contributed by atoms with van der Waals surface area (Å²) in [5.74, 6) is 1.02. The molecule has 0 saturated heterocycles. The molecule has 27 heavy (non-hydrogen) atoms. The van der Waals surface area contributed by atoms with Crippen LogP contribution in [0, 0.1) is 0 Å². The minimum atomic E-state index is -0.367. The molecule has 8 heteroatoms. The van der Waals surface area contributed by atoms with Gasteiger partial charge in [0.2, 0.25) is 0 Å². The van der Waals surface area contributed by atoms with Crippen molar-refractivity contribution >= 4 is 29.0 Å². The number of carbonyl (C=O) groups is 1. The summed E-state index contributed by atoms with van der Waals surface area (Å²) in [6, 6.07) is 7.25. The van der Waals surface area contributed by atoms with E-state index in [1.165, 1.54) is 11.3 Å². The van der Waals surface area contributed by atoms with Crippen LogP contribution in [0.15, 0.2) is 48.2 Å². The lowest BCUT2D eigenvalue weighted by atomic mass is 10.2. The smallest absolute Gasteiger partial charge is 0.300 e. The Kier molecular flexibility index (Phi) is 6.45. The van der Waals surface area contributed by atoms with Gasteiger partial charge in [-0.2, -0.15) is 0 Å². The van der Waals surface area contributed by atoms with E-state index < -0.39 is 0 Å². The molecule has 3 rings (SSSR count). The van der Waals surface area contributed by atoms with Gasteiger partial charge in [-0.1, -0.05) is 13.8 Å². The van der Waals surface area contributed by atoms with Crippen LogP contribution in [0.25, 0.3) is 10.6 Å². The number of urea groups is 1. The molecule has 0 fully saturated rings. The minimum absolute atomic E-state index is 0.367. The van der Waals surface area contributed by atoms with Crippen LogP contribution < -0.4 is 10.6 Å². The van der Waals surface area contributed by atoms with E-state index in [9.17, 15) is 4.79 Å². The van der Waals surface area contributed by atoms with Crippen LogP contribution in [0.3, 0.4) is 0 Å². The maximum atomic E-state index is 12.3. The standard InChI is InChI=1S/C19H22N6OS/c1-3-25(4-2)12-14-5-10-21-16(11-14)23-19(26)24-17-13-27-18(22-17)15-6-8-20-9-7-15/h5-11,13H,3-4,12H2,1-2H3,(H2,21,23,24,26). The normalized spacial score (nSPS) is 10.8. The Morgan fingerprint density at radius 1 is 1.07 bits per heavy atom. The first-order valence-electron chi connectivity index (χ1n) is 8.79. The molecular weight excluding hydrogens is 360 g/mol. The van der Waals surface area contributed by atoms with Crippen LogP contribution >= 0.6 is 11.3 Å². The van der Waals surface area contributed by atoms with E-state index in [0.717, 1.165) is 35.8 Å². The highest BCUT2D eigenvalue weighted by atomic mass is 32.1. The third-order valence-electron chi connectivity index (χ3n) is 4.04. The van der Waals surface area contributed by atoms with Crippen molar-refractivity contribution in [1.29, 1.82) is 0 Å². The van der Waals surface area contributed by atoms with Crippen LogP contribution in [0.1, 0.15) is 19.4 Å². The second-order valence-corrected chi connectivity index (χ2v) is 6.72. The number of hydrogen-bond donors (Lipinski definition) is 2. The molecule has 0 bridgehead atoms. The summed E-state index contributed by atoms with van der Waals surface area (Å²) in [4.78, 5) is 27.2. The summed E-state index contributed by atoms with van der Waals surface area (Å²) in [5, 5.41) is 8.14. The SMILES string of the molecule is CCN(CC)Cc1ccnc(NC(=O)Nc2csc(-c3ccncc3)n2)c1. The first-order chi connectivity index (χ1) is 13.2. The number of hydrogen-bond acceptors (Lipinski definition) is 6. The summed E-state index contributed by atoms with van der Waals surface area (Å²) in [7, 11) is 0. The molecule has 3 aromatic rings. The summed E-state index contributed by atoms with van der Waals surface area (Å²) in [5.41, 5.74) is 2.08. The molecule has 0 saturated carbocycles. The fraction of sp³-hybridized carbons (Fsp3) is 0.263. The van der Waals surface area contributed by atoms with Crippen molar-refractivity contribution in [3.63, 3.8) is 0 Å². The predicted octanol–water partition coefficient (Wildman–Crippen LogP) is 4.09. The number of anilines is 2. The van der Waals surface area contributed by atoms with E-state index >= 15 is 0 Å². The van der Waals surface area contributed by atoms with E-state index in [4.69, 9.17) is 0 Å². The lowest BCUT2D eigenvalue weighted by molar-refractivity contribution is 0.262. The van der Waals surface area contributed by atoms with Crippen LogP contribution in [0.4, 0.5) is 16.4 Å². The molecule has 0 aliphatic heterocycles. The molecule has 0 aromatic carbocycles. The van der Waals surface area contributed by atoms with Gasteiger partial charge in [0.15, 0.2) is 0 Å². The van der Waals surface area contributed by atoms with Gasteiger partial charge in [-0.15, -0.1) is 11.3 Å². The summed E-state index contributed by atoms with van der Waals surface area (Å²) >= 11 is 1.46. The second kappa shape index (κ2) is 9.20. The molecule has 140 valence electrons. The van der Waals surface area contributed by atoms with E-state index in [1.807, 2.05) is 24.3 Å². The highest BCUT2D eigenvalue weighted by molar-refractivity contribution is 7.13. The largest absolute Gasteiger partial charge is 0.326 e. The van der Waals surface area contributed by atoms with Crippen molar-refractivity contribution in [2.75, 3.05) is 23.7 Å². The molecular formula is C19H22N6OS. The molecule has 3 aromatic heterocycles. The van der Waals surface area contributed by atoms with Gasteiger partial charge in [0.1, 0.15) is 16.6 Å². The van der Waals surface area contributed by atoms with Crippen molar-refractivity contribution in [3.05, 3.63) is 53.8 Å². The zero-order valence-electron chi connectivity index (χ0n) is 15.3. The Morgan fingerprint density at radius 3 is 2.56 bits per heavy atom. The van der Waals surface area contributed by atoms with Gasteiger partial charge in [0.05, 0.1) is 0 Å². The fourth-order valence-electron chi connectivity index (χ4n) is 2.57. The number of carbonyl (C=O) groups excluding carboxylic acids is 1. The number of nitrogens with zero attached hydrogens (tertiary/aromatic N) is 4. The van der Waals surface area contributed by atoms with Gasteiger partial charge in [-0.05, 0) is 42.9 Å². The zero-order valence-corrected chi connectivity index (χ0v) is 16.2. The van der Waals surface area contributed by atoms with Crippen molar-refractivity contribution in [2.45, 2.75) is 20.4 Å². The Morgan fingerprint density at radius 2 is 1.81 bits per heavy atom. The number of nitrogens with one attached hydrogen (secondary N) is 2. The first kappa shape index (κ1) is 18.9. The number of amides is 2. The quantitative estimate of drug-likeness (QED) is 0.643. The molecule has 3 heterocycles. The van der Waals surface area contributed by atoms with Crippen LogP contribution in [-0.2, 0) is 6.54 Å². The van der Waals surface area contributed by atoms with Crippen molar-refractivity contribution in [3.8, 4) is 10.6 Å². The maximum absolute atomic E-state index is 12.3. The number of pyridine rings is 2. The zero-order chi connectivity index (χ0) is 19.1. The van der Waals surface area contributed by atoms with Gasteiger partial charge < -0.3 is 0 Å². The summed E-state index contributed by atoms with van der Waals surface area (Å²) < 4.78 is 0. The van der Waals surface area contributed by atoms with Crippen LogP contribution in [0.2, 0.25) is 0 Å². The van der Waals surface area contributed by atoms with E-state index in [2.05, 4.69) is 44.3 Å². The Balaban J connectivity index is 1.60. The van der Waals surface area contributed by atoms with Crippen molar-refractivity contribution in [1.82, 2.24) is 19.9 Å². The van der Waals surface area contributed by atoms with Gasteiger partial charge in [-0.25, -0.2) is 14.8 Å². The Bertz CT molecular complexity index is 879. The molecule has 2 amide bonds. The molecule has 0 spiro atoms. The summed E-state index contributed by atoms with van der Waals surface area (Å²) in [6.07, 6.45) is 5.14. The molecule has 0 aliphatic carbocycles. The molecule has 0 atom stereocenters. The van der Waals surface area contributed by atoms with Crippen LogP contribution in [0.5, 0.6) is 0 Å². The van der Waals surface area contributed by atoms with E-state index in [1.54, 1.807) is 24.0 Å². The van der Waals surface area contributed by atoms with Crippen LogP contribution in [-0.4, -0.2) is 39.0 Å². The lowest BCUT2D eigenvalue weighted by Gasteiger charge is -2.18. The summed E-state index contributed by atoms with van der Waals surface area (Å²) in [6.45, 7) is 7.04. The number of rotatable bonds is 7. The van der Waals surface area contributed by atoms with Gasteiger partial charge in [0, 0.05) is 36.1 Å². The van der Waals surface area contributed by atoms with E-state index in [0.29, 0.717) is 11.6 Å². The highest BCUT2D eigenvalue weighted by Gasteiger charge is 2.09.